The van der Waals surface area contributed by atoms with Gasteiger partial charge in [0.15, 0.2) is 23.3 Å². The minimum absolute atomic E-state index is 0.0383. The number of carbonyl (C=O) groups excluding carboxylic acids is 2. The van der Waals surface area contributed by atoms with Crippen molar-refractivity contribution in [2.24, 2.45) is 0 Å². The van der Waals surface area contributed by atoms with Gasteiger partial charge in [0.25, 0.3) is 0 Å². The summed E-state index contributed by atoms with van der Waals surface area (Å²) < 4.78 is 5.09. The van der Waals surface area contributed by atoms with Crippen LogP contribution in [0.25, 0.3) is 0 Å². The first-order chi connectivity index (χ1) is 10.8. The van der Waals surface area contributed by atoms with E-state index in [0.717, 1.165) is 11.3 Å². The number of nitrogens with one attached hydrogen (secondary N) is 1. The van der Waals surface area contributed by atoms with Crippen molar-refractivity contribution in [3.63, 3.8) is 0 Å². The van der Waals surface area contributed by atoms with E-state index in [1.54, 1.807) is 19.0 Å². The number of anilines is 3. The lowest BCUT2D eigenvalue weighted by molar-refractivity contribution is -0.114. The van der Waals surface area contributed by atoms with E-state index in [9.17, 15) is 9.59 Å². The van der Waals surface area contributed by atoms with Crippen LogP contribution in [0.15, 0.2) is 5.38 Å². The number of carbonyl (C=O) groups is 2. The lowest BCUT2D eigenvalue weighted by Crippen LogP contribution is -2.17. The Kier molecular flexibility index (Phi) is 5.01. The number of esters is 1. The standard InChI is InChI=1S/C12H15N7O3S/c1-6(20)14-12-15-7(5-23-12)9(21)22-4-8-16-10(13)18-11(17-8)19(2)3/h5H,4H2,1-3H3,(H,14,15,20)(H2,13,16,17,18). The van der Waals surface area contributed by atoms with Gasteiger partial charge in [-0.1, -0.05) is 0 Å². The molecule has 2 heterocycles. The molecule has 122 valence electrons. The van der Waals surface area contributed by atoms with Crippen LogP contribution in [0.3, 0.4) is 0 Å². The van der Waals surface area contributed by atoms with Gasteiger partial charge in [-0.05, 0) is 0 Å². The first kappa shape index (κ1) is 16.5. The van der Waals surface area contributed by atoms with Crippen molar-refractivity contribution in [1.29, 1.82) is 0 Å². The van der Waals surface area contributed by atoms with Crippen LogP contribution < -0.4 is 16.0 Å². The minimum Gasteiger partial charge on any atom is -0.453 e. The molecule has 0 aliphatic heterocycles. The molecule has 0 fully saturated rings. The van der Waals surface area contributed by atoms with E-state index in [1.165, 1.54) is 12.3 Å². The Balaban J connectivity index is 2.01. The van der Waals surface area contributed by atoms with E-state index in [2.05, 4.69) is 25.3 Å². The highest BCUT2D eigenvalue weighted by Gasteiger charge is 2.14. The van der Waals surface area contributed by atoms with Crippen LogP contribution in [0.5, 0.6) is 0 Å². The van der Waals surface area contributed by atoms with Gasteiger partial charge in [-0.2, -0.15) is 15.0 Å². The quantitative estimate of drug-likeness (QED) is 0.737. The monoisotopic (exact) mass is 337 g/mol. The Morgan fingerprint density at radius 2 is 2.04 bits per heavy atom. The molecule has 0 bridgehead atoms. The van der Waals surface area contributed by atoms with Crippen molar-refractivity contribution in [1.82, 2.24) is 19.9 Å². The number of hydrogen-bond donors (Lipinski definition) is 2. The summed E-state index contributed by atoms with van der Waals surface area (Å²) in [6, 6.07) is 0. The Labute approximate surface area is 135 Å². The molecule has 2 aromatic rings. The number of thiazole rings is 1. The largest absolute Gasteiger partial charge is 0.453 e. The molecule has 1 amide bonds. The highest BCUT2D eigenvalue weighted by Crippen LogP contribution is 2.16. The van der Waals surface area contributed by atoms with Crippen molar-refractivity contribution >= 4 is 40.2 Å². The lowest BCUT2D eigenvalue weighted by atomic mass is 10.5. The third kappa shape index (κ3) is 4.57. The SMILES string of the molecule is CC(=O)Nc1nc(C(=O)OCc2nc(N)nc(N(C)C)n2)cs1. The van der Waals surface area contributed by atoms with Crippen LogP contribution >= 0.6 is 11.3 Å². The van der Waals surface area contributed by atoms with Gasteiger partial charge in [0, 0.05) is 26.4 Å². The van der Waals surface area contributed by atoms with Crippen molar-refractivity contribution in [3.8, 4) is 0 Å². The summed E-state index contributed by atoms with van der Waals surface area (Å²) in [5.74, 6) is -0.284. The number of nitrogens with two attached hydrogens (primary N) is 1. The van der Waals surface area contributed by atoms with E-state index < -0.39 is 5.97 Å². The zero-order chi connectivity index (χ0) is 17.0. The number of hydrogen-bond acceptors (Lipinski definition) is 10. The first-order valence-electron chi connectivity index (χ1n) is 6.43. The molecule has 2 rings (SSSR count). The maximum absolute atomic E-state index is 11.9. The van der Waals surface area contributed by atoms with Gasteiger partial charge in [-0.3, -0.25) is 4.79 Å². The van der Waals surface area contributed by atoms with Crippen LogP contribution in [0.2, 0.25) is 0 Å². The van der Waals surface area contributed by atoms with Gasteiger partial charge in [-0.25, -0.2) is 9.78 Å². The Morgan fingerprint density at radius 3 is 2.70 bits per heavy atom. The normalized spacial score (nSPS) is 10.2. The van der Waals surface area contributed by atoms with Crippen molar-refractivity contribution in [3.05, 3.63) is 16.9 Å². The summed E-state index contributed by atoms with van der Waals surface area (Å²) in [5.41, 5.74) is 5.68. The van der Waals surface area contributed by atoms with Crippen molar-refractivity contribution < 1.29 is 14.3 Å². The fourth-order valence-electron chi connectivity index (χ4n) is 1.47. The van der Waals surface area contributed by atoms with E-state index in [0.29, 0.717) is 11.1 Å². The lowest BCUT2D eigenvalue weighted by Gasteiger charge is -2.11. The van der Waals surface area contributed by atoms with Gasteiger partial charge in [0.05, 0.1) is 0 Å². The van der Waals surface area contributed by atoms with Gasteiger partial charge >= 0.3 is 5.97 Å². The van der Waals surface area contributed by atoms with Gasteiger partial charge < -0.3 is 20.7 Å². The molecule has 0 radical (unpaired) electrons. The molecular formula is C12H15N7O3S. The molecule has 0 unspecified atom stereocenters. The van der Waals surface area contributed by atoms with Gasteiger partial charge in [-0.15, -0.1) is 11.3 Å². The number of aromatic nitrogens is 4. The second kappa shape index (κ2) is 6.96. The van der Waals surface area contributed by atoms with Crippen LogP contribution in [0.4, 0.5) is 17.0 Å². The third-order valence-corrected chi connectivity index (χ3v) is 3.17. The number of nitrogens with zero attached hydrogens (tertiary/aromatic N) is 5. The summed E-state index contributed by atoms with van der Waals surface area (Å²) in [7, 11) is 3.51. The third-order valence-electron chi connectivity index (χ3n) is 2.42. The Bertz CT molecular complexity index is 731. The second-order valence-corrected chi connectivity index (χ2v) is 5.46. The Hall–Kier alpha value is -2.82. The highest BCUT2D eigenvalue weighted by molar-refractivity contribution is 7.14. The molecule has 0 aliphatic carbocycles. The fraction of sp³-hybridized carbons (Fsp3) is 0.333. The van der Waals surface area contributed by atoms with Gasteiger partial charge in [0.2, 0.25) is 17.8 Å². The van der Waals surface area contributed by atoms with Crippen LogP contribution in [0.1, 0.15) is 23.2 Å². The molecule has 3 N–H and O–H groups in total. The summed E-state index contributed by atoms with van der Waals surface area (Å²) in [6.07, 6.45) is 0. The summed E-state index contributed by atoms with van der Waals surface area (Å²) in [6.45, 7) is 1.19. The molecule has 0 aromatic carbocycles. The average molecular weight is 337 g/mol. The van der Waals surface area contributed by atoms with E-state index >= 15 is 0 Å². The van der Waals surface area contributed by atoms with Crippen LogP contribution in [0, 0.1) is 0 Å². The number of rotatable bonds is 5. The molecule has 11 heteroatoms. The van der Waals surface area contributed by atoms with Crippen molar-refractivity contribution in [2.75, 3.05) is 30.0 Å². The topological polar surface area (TPSA) is 136 Å². The predicted octanol–water partition coefficient (Wildman–Crippen LogP) is 0.292. The first-order valence-corrected chi connectivity index (χ1v) is 7.31. The summed E-state index contributed by atoms with van der Waals surface area (Å²) in [5, 5.41) is 4.30. The number of amides is 1. The molecule has 2 aromatic heterocycles. The minimum atomic E-state index is -0.650. The maximum Gasteiger partial charge on any atom is 0.358 e. The highest BCUT2D eigenvalue weighted by atomic mass is 32.1. The molecule has 0 aliphatic rings. The van der Waals surface area contributed by atoms with Crippen LogP contribution in [-0.4, -0.2) is 45.9 Å². The molecule has 10 nitrogen and oxygen atoms in total. The summed E-state index contributed by atoms with van der Waals surface area (Å²) in [4.78, 5) is 40.4. The number of nitrogen functional groups attached to an aromatic ring is 1. The molecule has 0 saturated carbocycles. The predicted molar refractivity (Wildman–Crippen MR) is 84.1 cm³/mol. The summed E-state index contributed by atoms with van der Waals surface area (Å²) >= 11 is 1.12. The number of ether oxygens (including phenoxy) is 1. The molecule has 0 spiro atoms. The zero-order valence-electron chi connectivity index (χ0n) is 12.7. The molecule has 0 saturated heterocycles. The zero-order valence-corrected chi connectivity index (χ0v) is 13.5. The van der Waals surface area contributed by atoms with E-state index in [4.69, 9.17) is 10.5 Å². The second-order valence-electron chi connectivity index (χ2n) is 4.60. The molecule has 0 atom stereocenters. The molecule has 23 heavy (non-hydrogen) atoms. The van der Waals surface area contributed by atoms with Crippen LogP contribution in [-0.2, 0) is 16.1 Å². The van der Waals surface area contributed by atoms with Crippen molar-refractivity contribution in [2.45, 2.75) is 13.5 Å². The average Bonchev–Trinajstić information content (AvgIpc) is 2.91. The smallest absolute Gasteiger partial charge is 0.358 e. The van der Waals surface area contributed by atoms with E-state index in [-0.39, 0.29) is 30.0 Å². The Morgan fingerprint density at radius 1 is 1.30 bits per heavy atom. The molecular weight excluding hydrogens is 322 g/mol. The van der Waals surface area contributed by atoms with E-state index in [1.807, 2.05) is 0 Å². The van der Waals surface area contributed by atoms with Gasteiger partial charge in [0.1, 0.15) is 0 Å². The fourth-order valence-corrected chi connectivity index (χ4v) is 2.20. The maximum atomic E-state index is 11.9.